The lowest BCUT2D eigenvalue weighted by Gasteiger charge is -2.53. The molecular weight excluding hydrogens is 434 g/mol. The summed E-state index contributed by atoms with van der Waals surface area (Å²) in [6.07, 6.45) is 31.3. The van der Waals surface area contributed by atoms with Gasteiger partial charge in [0, 0.05) is 22.2 Å². The third-order valence-electron chi connectivity index (χ3n) is 9.47. The largest absolute Gasteiger partial charge is 0.358 e. The van der Waals surface area contributed by atoms with Crippen LogP contribution in [0.1, 0.15) is 53.4 Å². The molecule has 6 aliphatic carbocycles. The molecule has 1 N–H and O–H groups in total. The average Bonchev–Trinajstić information content (AvgIpc) is 3.67. The van der Waals surface area contributed by atoms with Crippen LogP contribution < -0.4 is 5.32 Å². The van der Waals surface area contributed by atoms with Crippen LogP contribution in [0.3, 0.4) is 0 Å². The van der Waals surface area contributed by atoms with Crippen LogP contribution in [0.4, 0.5) is 5.69 Å². The quantitative estimate of drug-likeness (QED) is 0.461. The topological polar surface area (TPSA) is 12.0 Å². The van der Waals surface area contributed by atoms with Gasteiger partial charge in [-0.3, -0.25) is 0 Å². The monoisotopic (exact) mass is 473 g/mol. The van der Waals surface area contributed by atoms with Gasteiger partial charge in [0.25, 0.3) is 0 Å². The van der Waals surface area contributed by atoms with Gasteiger partial charge in [-0.05, 0) is 83.4 Å². The second-order valence-electron chi connectivity index (χ2n) is 11.4. The predicted molar refractivity (Wildman–Crippen MR) is 153 cm³/mol. The third kappa shape index (κ3) is 3.01. The summed E-state index contributed by atoms with van der Waals surface area (Å²) >= 11 is 0. The van der Waals surface area contributed by atoms with Gasteiger partial charge < -0.3 is 5.32 Å². The van der Waals surface area contributed by atoms with Crippen molar-refractivity contribution in [3.8, 4) is 0 Å². The van der Waals surface area contributed by atoms with E-state index < -0.39 is 0 Å². The molecule has 1 aromatic rings. The molecule has 7 rings (SSSR count). The van der Waals surface area contributed by atoms with Crippen LogP contribution in [0.25, 0.3) is 0 Å². The number of para-hydroxylation sites is 1. The van der Waals surface area contributed by atoms with E-state index in [1.54, 1.807) is 11.1 Å². The summed E-state index contributed by atoms with van der Waals surface area (Å²) in [5, 5.41) is 3.94. The van der Waals surface area contributed by atoms with Gasteiger partial charge in [0.05, 0.1) is 0 Å². The Morgan fingerprint density at radius 1 is 0.861 bits per heavy atom. The maximum absolute atomic E-state index is 3.94. The van der Waals surface area contributed by atoms with Gasteiger partial charge in [-0.2, -0.15) is 0 Å². The van der Waals surface area contributed by atoms with Crippen LogP contribution >= 0.6 is 0 Å². The maximum atomic E-state index is 3.94. The van der Waals surface area contributed by atoms with Crippen molar-refractivity contribution in [2.75, 3.05) is 5.32 Å². The summed E-state index contributed by atoms with van der Waals surface area (Å²) in [7, 11) is 0. The van der Waals surface area contributed by atoms with Crippen molar-refractivity contribution in [1.82, 2.24) is 0 Å². The van der Waals surface area contributed by atoms with Gasteiger partial charge in [0.15, 0.2) is 0 Å². The first-order chi connectivity index (χ1) is 17.6. The summed E-state index contributed by atoms with van der Waals surface area (Å²) in [5.74, 6) is 1.00. The van der Waals surface area contributed by atoms with Crippen LogP contribution in [0.15, 0.2) is 125 Å². The molecule has 1 saturated carbocycles. The summed E-state index contributed by atoms with van der Waals surface area (Å²) < 4.78 is 0. The Bertz CT molecular complexity index is 1310. The number of nitrogens with one attached hydrogen (secondary N) is 1. The molecule has 0 amide bonds. The van der Waals surface area contributed by atoms with Crippen LogP contribution in [0.5, 0.6) is 0 Å². The Labute approximate surface area is 217 Å². The zero-order chi connectivity index (χ0) is 25.0. The zero-order valence-electron chi connectivity index (χ0n) is 22.2. The molecule has 0 aromatic heterocycles. The van der Waals surface area contributed by atoms with Crippen molar-refractivity contribution in [2.45, 2.75) is 53.4 Å². The number of hydrogen-bond acceptors (Lipinski definition) is 1. The second-order valence-corrected chi connectivity index (χ2v) is 11.4. The van der Waals surface area contributed by atoms with Crippen LogP contribution in [-0.2, 0) is 0 Å². The van der Waals surface area contributed by atoms with Crippen LogP contribution in [-0.4, -0.2) is 0 Å². The minimum absolute atomic E-state index is 0.00476. The molecule has 4 unspecified atom stereocenters. The Hall–Kier alpha value is -3.06. The molecule has 1 heteroatoms. The van der Waals surface area contributed by atoms with E-state index in [2.05, 4.69) is 116 Å². The smallest absolute Gasteiger partial charge is 0.0462 e. The van der Waals surface area contributed by atoms with E-state index in [0.717, 1.165) is 19.3 Å². The molecule has 184 valence electrons. The van der Waals surface area contributed by atoms with Crippen molar-refractivity contribution >= 4 is 5.69 Å². The minimum atomic E-state index is 0.00476. The van der Waals surface area contributed by atoms with Crippen molar-refractivity contribution in [3.05, 3.63) is 125 Å². The highest BCUT2D eigenvalue weighted by atomic mass is 15.0. The van der Waals surface area contributed by atoms with Crippen molar-refractivity contribution in [1.29, 1.82) is 0 Å². The van der Waals surface area contributed by atoms with E-state index in [9.17, 15) is 0 Å². The van der Waals surface area contributed by atoms with Crippen molar-refractivity contribution in [2.24, 2.45) is 28.1 Å². The lowest BCUT2D eigenvalue weighted by Crippen LogP contribution is -2.46. The van der Waals surface area contributed by atoms with Gasteiger partial charge in [-0.15, -0.1) is 0 Å². The van der Waals surface area contributed by atoms with Gasteiger partial charge in [0.1, 0.15) is 0 Å². The van der Waals surface area contributed by atoms with E-state index in [1.165, 1.54) is 29.0 Å². The third-order valence-corrected chi connectivity index (χ3v) is 9.47. The molecular formula is C35H39N. The molecule has 0 aliphatic heterocycles. The maximum Gasteiger partial charge on any atom is 0.0462 e. The van der Waals surface area contributed by atoms with Crippen molar-refractivity contribution in [3.63, 3.8) is 0 Å². The number of allylic oxidation sites excluding steroid dienone is 15. The number of benzene rings is 1. The molecule has 36 heavy (non-hydrogen) atoms. The lowest BCUT2D eigenvalue weighted by atomic mass is 9.50. The van der Waals surface area contributed by atoms with E-state index in [-0.39, 0.29) is 16.2 Å². The summed E-state index contributed by atoms with van der Waals surface area (Å²) in [4.78, 5) is 0. The van der Waals surface area contributed by atoms with E-state index >= 15 is 0 Å². The average molecular weight is 474 g/mol. The zero-order valence-corrected chi connectivity index (χ0v) is 22.2. The second kappa shape index (κ2) is 8.51. The summed E-state index contributed by atoms with van der Waals surface area (Å²) in [6, 6.07) is 10.8. The molecule has 1 fully saturated rings. The molecule has 0 heterocycles. The number of fused-ring (bicyclic) bond motifs is 1. The molecule has 1 nitrogen and oxygen atoms in total. The van der Waals surface area contributed by atoms with Gasteiger partial charge in [-0.1, -0.05) is 107 Å². The van der Waals surface area contributed by atoms with Crippen LogP contribution in [0, 0.1) is 28.1 Å². The minimum Gasteiger partial charge on any atom is -0.358 e. The molecule has 1 spiro atoms. The Morgan fingerprint density at radius 3 is 2.39 bits per heavy atom. The van der Waals surface area contributed by atoms with E-state index in [1.807, 2.05) is 13.8 Å². The lowest BCUT2D eigenvalue weighted by molar-refractivity contribution is 0.161. The highest BCUT2D eigenvalue weighted by molar-refractivity contribution is 5.73. The predicted octanol–water partition coefficient (Wildman–Crippen LogP) is 9.26. The number of anilines is 1. The first-order valence-electron chi connectivity index (χ1n) is 14.0. The number of hydrogen-bond donors (Lipinski definition) is 1. The molecule has 1 aromatic carbocycles. The fraction of sp³-hybridized carbons (Fsp3) is 0.371. The van der Waals surface area contributed by atoms with Gasteiger partial charge in [-0.25, -0.2) is 0 Å². The SMILES string of the molecule is CC.CC1(C)C2=C3C(=CCC=C2)C=C(Nc2ccccc2)C2(C4=CCCC=C4)CC32C2C=CC=CC21. The Morgan fingerprint density at radius 2 is 1.64 bits per heavy atom. The molecule has 0 bridgehead atoms. The first-order valence-corrected chi connectivity index (χ1v) is 14.0. The molecule has 6 aliphatic rings. The highest BCUT2D eigenvalue weighted by Gasteiger charge is 2.79. The Balaban J connectivity index is 0.00000117. The van der Waals surface area contributed by atoms with Gasteiger partial charge in [0.2, 0.25) is 0 Å². The fourth-order valence-electron chi connectivity index (χ4n) is 7.96. The van der Waals surface area contributed by atoms with Crippen LogP contribution in [0.2, 0.25) is 0 Å². The molecule has 4 atom stereocenters. The normalized spacial score (nSPS) is 34.1. The summed E-state index contributed by atoms with van der Waals surface area (Å²) in [6.45, 7) is 8.95. The van der Waals surface area contributed by atoms with Gasteiger partial charge >= 0.3 is 0 Å². The number of rotatable bonds is 3. The first kappa shape index (κ1) is 23.3. The standard InChI is InChI=1S/C33H33N.C2H6/c1-31(2)26-18-11-12-19-27(26)33-22-32(33,24-14-5-3-6-15-24)29(34-25-16-7-4-8-17-25)21-23-13-9-10-20-28(31)30(23)33;1-2/h4-5,7-8,10-21,26-27,34H,3,6,9,22H2,1-2H3;1-2H3. The van der Waals surface area contributed by atoms with E-state index in [4.69, 9.17) is 0 Å². The van der Waals surface area contributed by atoms with Crippen molar-refractivity contribution < 1.29 is 0 Å². The molecule has 0 radical (unpaired) electrons. The highest BCUT2D eigenvalue weighted by Crippen LogP contribution is 2.85. The van der Waals surface area contributed by atoms with E-state index in [0.29, 0.717) is 11.8 Å². The summed E-state index contributed by atoms with van der Waals surface area (Å²) in [5.41, 5.74) is 8.94. The fourth-order valence-corrected chi connectivity index (χ4v) is 7.96. The molecule has 0 saturated heterocycles. The Kier molecular flexibility index (Phi) is 5.52.